The first-order valence-corrected chi connectivity index (χ1v) is 10.5. The summed E-state index contributed by atoms with van der Waals surface area (Å²) < 4.78 is 5.51. The molecule has 2 aliphatic rings. The Morgan fingerprint density at radius 1 is 1.28 bits per heavy atom. The van der Waals surface area contributed by atoms with E-state index in [0.29, 0.717) is 17.3 Å². The zero-order chi connectivity index (χ0) is 21.1. The Morgan fingerprint density at radius 3 is 2.48 bits per heavy atom. The molecule has 1 saturated carbocycles. The topological polar surface area (TPSA) is 70.7 Å². The summed E-state index contributed by atoms with van der Waals surface area (Å²) in [7, 11) is 1.83. The van der Waals surface area contributed by atoms with Gasteiger partial charge in [-0.1, -0.05) is 32.4 Å². The Balaban J connectivity index is 1.81. The second-order valence-corrected chi connectivity index (χ2v) is 8.56. The average molecular weight is 416 g/mol. The molecule has 1 aliphatic carbocycles. The predicted octanol–water partition coefficient (Wildman–Crippen LogP) is 3.76. The highest BCUT2D eigenvalue weighted by Crippen LogP contribution is 2.32. The Morgan fingerprint density at radius 2 is 1.93 bits per heavy atom. The van der Waals surface area contributed by atoms with E-state index in [9.17, 15) is 9.59 Å². The molecule has 156 valence electrons. The fourth-order valence-corrected chi connectivity index (χ4v) is 3.60. The number of carbonyl (C=O) groups excluding carboxylic acids is 2. The van der Waals surface area contributed by atoms with E-state index in [0.717, 1.165) is 36.2 Å². The van der Waals surface area contributed by atoms with Gasteiger partial charge >= 0.3 is 5.97 Å². The molecule has 0 bridgehead atoms. The predicted molar refractivity (Wildman–Crippen MR) is 117 cm³/mol. The lowest BCUT2D eigenvalue weighted by Gasteiger charge is -2.35. The van der Waals surface area contributed by atoms with Crippen molar-refractivity contribution in [2.45, 2.75) is 46.1 Å². The molecular formula is C22H29N3O3S. The maximum absolute atomic E-state index is 12.8. The number of anilines is 1. The molecule has 1 aromatic rings. The highest BCUT2D eigenvalue weighted by atomic mass is 32.1. The fraction of sp³-hybridized carbons (Fsp3) is 0.500. The minimum Gasteiger partial charge on any atom is -0.462 e. The Labute approximate surface area is 177 Å². The molecule has 0 spiro atoms. The van der Waals surface area contributed by atoms with Gasteiger partial charge in [0.25, 0.3) is 0 Å². The molecule has 2 N–H and O–H groups in total. The first-order valence-electron chi connectivity index (χ1n) is 10.1. The number of carbonyl (C=O) groups is 2. The SMILES string of the molecule is CC1=C(C(=O)OCC(C)C)[C@@H](c2ccc(NC(=O)C3CCC3)cc2)NC(=S)N1C. The number of nitrogens with one attached hydrogen (secondary N) is 2. The van der Waals surface area contributed by atoms with Crippen molar-refractivity contribution in [3.8, 4) is 0 Å². The van der Waals surface area contributed by atoms with Crippen LogP contribution in [0.25, 0.3) is 0 Å². The van der Waals surface area contributed by atoms with Crippen molar-refractivity contribution in [1.29, 1.82) is 0 Å². The van der Waals surface area contributed by atoms with Crippen LogP contribution < -0.4 is 10.6 Å². The summed E-state index contributed by atoms with van der Waals surface area (Å²) in [6, 6.07) is 7.15. The number of hydrogen-bond donors (Lipinski definition) is 2. The Bertz CT molecular complexity index is 828. The summed E-state index contributed by atoms with van der Waals surface area (Å²) in [6.07, 6.45) is 3.06. The van der Waals surface area contributed by atoms with Crippen LogP contribution in [0, 0.1) is 11.8 Å². The summed E-state index contributed by atoms with van der Waals surface area (Å²) in [5.41, 5.74) is 2.96. The van der Waals surface area contributed by atoms with Crippen LogP contribution in [-0.4, -0.2) is 35.5 Å². The van der Waals surface area contributed by atoms with E-state index in [-0.39, 0.29) is 23.7 Å². The van der Waals surface area contributed by atoms with E-state index in [1.54, 1.807) is 4.90 Å². The molecule has 1 amide bonds. The van der Waals surface area contributed by atoms with Gasteiger partial charge in [-0.25, -0.2) is 4.79 Å². The molecule has 0 aromatic heterocycles. The highest BCUT2D eigenvalue weighted by Gasteiger charge is 2.33. The fourth-order valence-electron chi connectivity index (χ4n) is 3.34. The molecule has 1 atom stereocenters. The Hall–Kier alpha value is -2.41. The van der Waals surface area contributed by atoms with Crippen molar-refractivity contribution in [3.05, 3.63) is 41.1 Å². The van der Waals surface area contributed by atoms with Gasteiger partial charge in [0.1, 0.15) is 0 Å². The lowest BCUT2D eigenvalue weighted by molar-refractivity contribution is -0.140. The number of hydrogen-bond acceptors (Lipinski definition) is 4. The number of ether oxygens (including phenoxy) is 1. The first kappa shape index (κ1) is 21.3. The second-order valence-electron chi connectivity index (χ2n) is 8.17. The van der Waals surface area contributed by atoms with Gasteiger partial charge < -0.3 is 20.3 Å². The molecule has 7 heteroatoms. The van der Waals surface area contributed by atoms with Gasteiger partial charge in [0.15, 0.2) is 5.11 Å². The molecule has 0 unspecified atom stereocenters. The monoisotopic (exact) mass is 415 g/mol. The molecule has 1 aromatic carbocycles. The van der Waals surface area contributed by atoms with Crippen LogP contribution in [0.3, 0.4) is 0 Å². The minimum atomic E-state index is -0.394. The maximum atomic E-state index is 12.8. The van der Waals surface area contributed by atoms with Crippen molar-refractivity contribution in [1.82, 2.24) is 10.2 Å². The molecule has 29 heavy (non-hydrogen) atoms. The van der Waals surface area contributed by atoms with Gasteiger partial charge in [0, 0.05) is 24.4 Å². The Kier molecular flexibility index (Phi) is 6.57. The molecule has 1 fully saturated rings. The van der Waals surface area contributed by atoms with Crippen LogP contribution >= 0.6 is 12.2 Å². The van der Waals surface area contributed by atoms with E-state index in [2.05, 4.69) is 10.6 Å². The number of rotatable bonds is 6. The lowest BCUT2D eigenvalue weighted by atomic mass is 9.85. The maximum Gasteiger partial charge on any atom is 0.338 e. The first-order chi connectivity index (χ1) is 13.8. The third-order valence-electron chi connectivity index (χ3n) is 5.51. The third-order valence-corrected chi connectivity index (χ3v) is 5.90. The van der Waals surface area contributed by atoms with Gasteiger partial charge in [-0.3, -0.25) is 4.79 Å². The molecule has 6 nitrogen and oxygen atoms in total. The van der Waals surface area contributed by atoms with Crippen molar-refractivity contribution in [2.24, 2.45) is 11.8 Å². The van der Waals surface area contributed by atoms with E-state index >= 15 is 0 Å². The number of allylic oxidation sites excluding steroid dienone is 1. The van der Waals surface area contributed by atoms with Gasteiger partial charge in [0.2, 0.25) is 5.91 Å². The summed E-state index contributed by atoms with van der Waals surface area (Å²) in [5.74, 6) is 0.129. The van der Waals surface area contributed by atoms with Crippen LogP contribution in [0.2, 0.25) is 0 Å². The van der Waals surface area contributed by atoms with Crippen molar-refractivity contribution in [2.75, 3.05) is 19.0 Å². The number of amides is 1. The van der Waals surface area contributed by atoms with Gasteiger partial charge in [-0.15, -0.1) is 0 Å². The summed E-state index contributed by atoms with van der Waals surface area (Å²) in [6.45, 7) is 6.24. The number of esters is 1. The van der Waals surface area contributed by atoms with Gasteiger partial charge in [-0.05, 0) is 55.6 Å². The normalized spacial score (nSPS) is 19.7. The van der Waals surface area contributed by atoms with Crippen LogP contribution in [0.1, 0.15) is 51.6 Å². The lowest BCUT2D eigenvalue weighted by Crippen LogP contribution is -2.46. The van der Waals surface area contributed by atoms with E-state index < -0.39 is 6.04 Å². The van der Waals surface area contributed by atoms with Crippen LogP contribution in [0.15, 0.2) is 35.5 Å². The number of nitrogens with zero attached hydrogens (tertiary/aromatic N) is 1. The van der Waals surface area contributed by atoms with Crippen molar-refractivity contribution >= 4 is 34.9 Å². The van der Waals surface area contributed by atoms with Crippen LogP contribution in [0.4, 0.5) is 5.69 Å². The van der Waals surface area contributed by atoms with Crippen LogP contribution in [-0.2, 0) is 14.3 Å². The smallest absolute Gasteiger partial charge is 0.338 e. The molecule has 0 saturated heterocycles. The highest BCUT2D eigenvalue weighted by molar-refractivity contribution is 7.80. The zero-order valence-corrected chi connectivity index (χ0v) is 18.3. The molecule has 1 aliphatic heterocycles. The number of benzene rings is 1. The quantitative estimate of drug-likeness (QED) is 0.545. The van der Waals surface area contributed by atoms with Crippen molar-refractivity contribution in [3.63, 3.8) is 0 Å². The summed E-state index contributed by atoms with van der Waals surface area (Å²) in [4.78, 5) is 26.8. The van der Waals surface area contributed by atoms with Crippen LogP contribution in [0.5, 0.6) is 0 Å². The number of thiocarbonyl (C=S) groups is 1. The average Bonchev–Trinajstić information content (AvgIpc) is 2.63. The van der Waals surface area contributed by atoms with E-state index in [4.69, 9.17) is 17.0 Å². The minimum absolute atomic E-state index is 0.0799. The zero-order valence-electron chi connectivity index (χ0n) is 17.5. The molecule has 3 rings (SSSR count). The van der Waals surface area contributed by atoms with Gasteiger partial charge in [0.05, 0.1) is 18.2 Å². The van der Waals surface area contributed by atoms with Crippen molar-refractivity contribution < 1.29 is 14.3 Å². The van der Waals surface area contributed by atoms with E-state index in [1.165, 1.54) is 0 Å². The standard InChI is InChI=1S/C22H29N3O3S/c1-13(2)12-28-21(27)18-14(3)25(4)22(29)24-19(18)15-8-10-17(11-9-15)23-20(26)16-6-5-7-16/h8-11,13,16,19H,5-7,12H2,1-4H3,(H,23,26)(H,24,29)/t19-/m1/s1. The molecule has 1 heterocycles. The largest absolute Gasteiger partial charge is 0.462 e. The van der Waals surface area contributed by atoms with Gasteiger partial charge in [-0.2, -0.15) is 0 Å². The molecular weight excluding hydrogens is 386 g/mol. The third kappa shape index (κ3) is 4.78. The molecule has 0 radical (unpaired) electrons. The summed E-state index contributed by atoms with van der Waals surface area (Å²) >= 11 is 5.43. The summed E-state index contributed by atoms with van der Waals surface area (Å²) in [5, 5.41) is 6.76. The van der Waals surface area contributed by atoms with E-state index in [1.807, 2.05) is 52.1 Å². The second kappa shape index (κ2) is 8.95.